The first kappa shape index (κ1) is 12.9. The first-order chi connectivity index (χ1) is 8.43. The van der Waals surface area contributed by atoms with Gasteiger partial charge in [0, 0.05) is 24.7 Å². The van der Waals surface area contributed by atoms with Gasteiger partial charge < -0.3 is 4.74 Å². The van der Waals surface area contributed by atoms with Gasteiger partial charge in [-0.2, -0.15) is 0 Å². The van der Waals surface area contributed by atoms with E-state index in [9.17, 15) is 8.42 Å². The zero-order valence-corrected chi connectivity index (χ0v) is 11.4. The van der Waals surface area contributed by atoms with Crippen LogP contribution in [0.15, 0.2) is 35.7 Å². The van der Waals surface area contributed by atoms with Crippen molar-refractivity contribution in [3.8, 4) is 11.4 Å². The molecule has 0 amide bonds. The van der Waals surface area contributed by atoms with Crippen molar-refractivity contribution in [1.82, 2.24) is 9.55 Å². The van der Waals surface area contributed by atoms with Crippen molar-refractivity contribution in [3.63, 3.8) is 0 Å². The lowest BCUT2D eigenvalue weighted by Gasteiger charge is -2.09. The molecule has 2 aromatic rings. The van der Waals surface area contributed by atoms with Gasteiger partial charge in [-0.1, -0.05) is 11.6 Å². The molecule has 0 saturated carbocycles. The van der Waals surface area contributed by atoms with E-state index in [1.807, 2.05) is 0 Å². The first-order valence-electron chi connectivity index (χ1n) is 5.01. The number of rotatable bonds is 3. The Labute approximate surface area is 110 Å². The minimum atomic E-state index is -3.41. The molecule has 1 aromatic carbocycles. The normalized spacial score (nSPS) is 11.5. The molecule has 0 fully saturated rings. The summed E-state index contributed by atoms with van der Waals surface area (Å²) in [6.07, 6.45) is 4.06. The molecule has 0 aliphatic rings. The topological polar surface area (TPSA) is 61.2 Å². The van der Waals surface area contributed by atoms with Crippen molar-refractivity contribution in [2.75, 3.05) is 13.4 Å². The molecular formula is C11H11ClN2O3S. The maximum atomic E-state index is 11.6. The zero-order chi connectivity index (χ0) is 13.3. The molecular weight excluding hydrogens is 276 g/mol. The summed E-state index contributed by atoms with van der Waals surface area (Å²) in [6.45, 7) is 0. The standard InChI is InChI=1S/C11H11ClN2O3S/c1-17-8-3-4-10(9(12)7-8)14-6-5-13-11(14)18(2,15)16/h3-7H,1-2H3. The molecule has 0 saturated heterocycles. The summed E-state index contributed by atoms with van der Waals surface area (Å²) in [7, 11) is -1.88. The molecule has 0 bridgehead atoms. The molecule has 18 heavy (non-hydrogen) atoms. The van der Waals surface area contributed by atoms with Gasteiger partial charge in [-0.05, 0) is 12.1 Å². The molecule has 1 aromatic heterocycles. The summed E-state index contributed by atoms with van der Waals surface area (Å²) in [5.41, 5.74) is 0.537. The van der Waals surface area contributed by atoms with E-state index in [1.54, 1.807) is 24.4 Å². The molecule has 0 aliphatic heterocycles. The van der Waals surface area contributed by atoms with Gasteiger partial charge in [0.25, 0.3) is 0 Å². The van der Waals surface area contributed by atoms with Crippen LogP contribution in [-0.2, 0) is 9.84 Å². The Morgan fingerprint density at radius 1 is 1.39 bits per heavy atom. The third kappa shape index (κ3) is 2.34. The van der Waals surface area contributed by atoms with E-state index >= 15 is 0 Å². The van der Waals surface area contributed by atoms with Gasteiger partial charge in [0.1, 0.15) is 5.75 Å². The van der Waals surface area contributed by atoms with Crippen LogP contribution in [0.3, 0.4) is 0 Å². The van der Waals surface area contributed by atoms with Gasteiger partial charge in [-0.15, -0.1) is 0 Å². The number of ether oxygens (including phenoxy) is 1. The van der Waals surface area contributed by atoms with Gasteiger partial charge in [0.05, 0.1) is 17.8 Å². The van der Waals surface area contributed by atoms with E-state index in [4.69, 9.17) is 16.3 Å². The van der Waals surface area contributed by atoms with Crippen molar-refractivity contribution >= 4 is 21.4 Å². The van der Waals surface area contributed by atoms with Gasteiger partial charge in [-0.25, -0.2) is 13.4 Å². The second-order valence-corrected chi connectivity index (χ2v) is 5.99. The van der Waals surface area contributed by atoms with Gasteiger partial charge in [0.2, 0.25) is 15.0 Å². The molecule has 0 atom stereocenters. The number of halogens is 1. The smallest absolute Gasteiger partial charge is 0.231 e. The van der Waals surface area contributed by atoms with Crippen molar-refractivity contribution in [1.29, 1.82) is 0 Å². The van der Waals surface area contributed by atoms with Crippen molar-refractivity contribution in [2.24, 2.45) is 0 Å². The van der Waals surface area contributed by atoms with Crippen molar-refractivity contribution < 1.29 is 13.2 Å². The summed E-state index contributed by atoms with van der Waals surface area (Å²) < 4.78 is 29.6. The summed E-state index contributed by atoms with van der Waals surface area (Å²) in [6, 6.07) is 4.99. The Morgan fingerprint density at radius 3 is 2.67 bits per heavy atom. The highest BCUT2D eigenvalue weighted by Crippen LogP contribution is 2.27. The number of methoxy groups -OCH3 is 1. The van der Waals surface area contributed by atoms with E-state index < -0.39 is 9.84 Å². The molecule has 0 unspecified atom stereocenters. The van der Waals surface area contributed by atoms with Crippen LogP contribution in [0.2, 0.25) is 5.02 Å². The van der Waals surface area contributed by atoms with E-state index in [0.29, 0.717) is 16.5 Å². The van der Waals surface area contributed by atoms with Gasteiger partial charge in [0.15, 0.2) is 0 Å². The van der Waals surface area contributed by atoms with E-state index in [0.717, 1.165) is 6.26 Å². The van der Waals surface area contributed by atoms with Crippen LogP contribution in [0, 0.1) is 0 Å². The highest BCUT2D eigenvalue weighted by molar-refractivity contribution is 7.90. The highest BCUT2D eigenvalue weighted by atomic mass is 35.5. The second kappa shape index (κ2) is 4.62. The minimum absolute atomic E-state index is 0.0467. The third-order valence-corrected chi connectivity index (χ3v) is 3.62. The number of sulfone groups is 1. The van der Waals surface area contributed by atoms with Crippen LogP contribution in [0.4, 0.5) is 0 Å². The van der Waals surface area contributed by atoms with Crippen LogP contribution < -0.4 is 4.74 Å². The first-order valence-corrected chi connectivity index (χ1v) is 7.28. The summed E-state index contributed by atoms with van der Waals surface area (Å²) in [4.78, 5) is 3.83. The summed E-state index contributed by atoms with van der Waals surface area (Å²) in [5, 5.41) is 0.340. The number of aromatic nitrogens is 2. The van der Waals surface area contributed by atoms with Gasteiger partial charge in [-0.3, -0.25) is 4.57 Å². The van der Waals surface area contributed by atoms with Crippen LogP contribution in [0.25, 0.3) is 5.69 Å². The zero-order valence-electron chi connectivity index (χ0n) is 9.79. The molecule has 0 N–H and O–H groups in total. The number of benzene rings is 1. The molecule has 1 heterocycles. The molecule has 5 nitrogen and oxygen atoms in total. The maximum Gasteiger partial charge on any atom is 0.231 e. The van der Waals surface area contributed by atoms with Gasteiger partial charge >= 0.3 is 0 Å². The fourth-order valence-corrected chi connectivity index (χ4v) is 2.59. The molecule has 0 spiro atoms. The monoisotopic (exact) mass is 286 g/mol. The number of hydrogen-bond donors (Lipinski definition) is 0. The lowest BCUT2D eigenvalue weighted by Crippen LogP contribution is -2.07. The predicted molar refractivity (Wildman–Crippen MR) is 68.2 cm³/mol. The minimum Gasteiger partial charge on any atom is -0.497 e. The summed E-state index contributed by atoms with van der Waals surface area (Å²) >= 11 is 6.10. The molecule has 0 aliphatic carbocycles. The Kier molecular flexibility index (Phi) is 3.32. The highest BCUT2D eigenvalue weighted by Gasteiger charge is 2.17. The fraction of sp³-hybridized carbons (Fsp3) is 0.182. The predicted octanol–water partition coefficient (Wildman–Crippen LogP) is 1.94. The lowest BCUT2D eigenvalue weighted by atomic mass is 10.3. The van der Waals surface area contributed by atoms with Crippen molar-refractivity contribution in [3.05, 3.63) is 35.6 Å². The molecule has 0 radical (unpaired) electrons. The van der Waals surface area contributed by atoms with Crippen LogP contribution in [-0.4, -0.2) is 31.3 Å². The van der Waals surface area contributed by atoms with Crippen LogP contribution in [0.5, 0.6) is 5.75 Å². The molecule has 96 valence electrons. The lowest BCUT2D eigenvalue weighted by molar-refractivity contribution is 0.415. The molecule has 2 rings (SSSR count). The average Bonchev–Trinajstić information content (AvgIpc) is 2.77. The third-order valence-electron chi connectivity index (χ3n) is 2.35. The average molecular weight is 287 g/mol. The maximum absolute atomic E-state index is 11.6. The SMILES string of the molecule is COc1ccc(-n2ccnc2S(C)(=O)=O)c(Cl)c1. The van der Waals surface area contributed by atoms with Crippen molar-refractivity contribution in [2.45, 2.75) is 5.16 Å². The number of hydrogen-bond acceptors (Lipinski definition) is 4. The Bertz CT molecular complexity index is 679. The number of nitrogens with zero attached hydrogens (tertiary/aromatic N) is 2. The van der Waals surface area contributed by atoms with Crippen LogP contribution in [0.1, 0.15) is 0 Å². The Balaban J connectivity index is 2.60. The number of imidazole rings is 1. The summed E-state index contributed by atoms with van der Waals surface area (Å²) in [5.74, 6) is 0.602. The Morgan fingerprint density at radius 2 is 2.11 bits per heavy atom. The van der Waals surface area contributed by atoms with Crippen LogP contribution >= 0.6 is 11.6 Å². The quantitative estimate of drug-likeness (QED) is 0.865. The molecule has 7 heteroatoms. The van der Waals surface area contributed by atoms with E-state index in [1.165, 1.54) is 17.9 Å². The largest absolute Gasteiger partial charge is 0.497 e. The Hall–Kier alpha value is -1.53. The van der Waals surface area contributed by atoms with E-state index in [2.05, 4.69) is 4.98 Å². The fourth-order valence-electron chi connectivity index (χ4n) is 1.56. The van der Waals surface area contributed by atoms with E-state index in [-0.39, 0.29) is 5.16 Å². The second-order valence-electron chi connectivity index (χ2n) is 3.67.